The van der Waals surface area contributed by atoms with E-state index in [-0.39, 0.29) is 0 Å². The third kappa shape index (κ3) is 5.23. The smallest absolute Gasteiger partial charge is 0.323 e. The van der Waals surface area contributed by atoms with Gasteiger partial charge in [0.15, 0.2) is 0 Å². The van der Waals surface area contributed by atoms with Crippen molar-refractivity contribution >= 4 is 17.4 Å². The lowest BCUT2D eigenvalue weighted by atomic mass is 10.2. The first kappa shape index (κ1) is 20.9. The number of benzene rings is 2. The Hall–Kier alpha value is -4.33. The number of carbonyl (C=O) groups excluding carboxylic acids is 1. The van der Waals surface area contributed by atoms with Crippen molar-refractivity contribution in [3.63, 3.8) is 0 Å². The summed E-state index contributed by atoms with van der Waals surface area (Å²) < 4.78 is 19.2. The van der Waals surface area contributed by atoms with Crippen molar-refractivity contribution in [2.24, 2.45) is 0 Å². The Morgan fingerprint density at radius 3 is 2.53 bits per heavy atom. The van der Waals surface area contributed by atoms with Crippen LogP contribution in [0.2, 0.25) is 0 Å². The Morgan fingerprint density at radius 1 is 0.938 bits per heavy atom. The molecule has 4 aromatic rings. The van der Waals surface area contributed by atoms with Gasteiger partial charge in [0.2, 0.25) is 5.88 Å². The summed E-state index contributed by atoms with van der Waals surface area (Å²) in [4.78, 5) is 25.2. The van der Waals surface area contributed by atoms with E-state index in [2.05, 4.69) is 25.6 Å². The molecule has 0 spiro atoms. The molecule has 0 saturated carbocycles. The maximum Gasteiger partial charge on any atom is 0.323 e. The van der Waals surface area contributed by atoms with Crippen LogP contribution in [0.3, 0.4) is 0 Å². The molecule has 0 saturated heterocycles. The standard InChI is InChI=1S/C24H20FN5O2/c1-2-22-26-14-12-21(30-22)20-7-4-13-27-23(20)32-19-10-8-17(9-11-19)28-24(31)29-18-6-3-5-16(25)15-18/h3-15H,2H2,1H3,(H2,28,29,31). The molecule has 2 amide bonds. The zero-order chi connectivity index (χ0) is 22.3. The van der Waals surface area contributed by atoms with E-state index in [1.165, 1.54) is 18.2 Å². The number of hydrogen-bond acceptors (Lipinski definition) is 5. The molecule has 0 radical (unpaired) electrons. The Morgan fingerprint density at radius 2 is 1.75 bits per heavy atom. The Balaban J connectivity index is 1.45. The molecule has 0 bridgehead atoms. The van der Waals surface area contributed by atoms with Crippen molar-refractivity contribution in [2.45, 2.75) is 13.3 Å². The lowest BCUT2D eigenvalue weighted by Crippen LogP contribution is -2.19. The number of amides is 2. The first-order valence-electron chi connectivity index (χ1n) is 9.99. The number of carbonyl (C=O) groups is 1. The average molecular weight is 429 g/mol. The minimum absolute atomic E-state index is 0.362. The van der Waals surface area contributed by atoms with Crippen molar-refractivity contribution in [3.05, 3.63) is 90.8 Å². The summed E-state index contributed by atoms with van der Waals surface area (Å²) in [6, 6.07) is 17.5. The minimum atomic E-state index is -0.480. The second kappa shape index (κ2) is 9.65. The summed E-state index contributed by atoms with van der Waals surface area (Å²) in [6.45, 7) is 1.99. The highest BCUT2D eigenvalue weighted by Crippen LogP contribution is 2.30. The maximum absolute atomic E-state index is 13.2. The molecule has 0 aliphatic carbocycles. The third-order valence-electron chi connectivity index (χ3n) is 4.48. The predicted molar refractivity (Wildman–Crippen MR) is 120 cm³/mol. The van der Waals surface area contributed by atoms with Gasteiger partial charge in [-0.25, -0.2) is 24.1 Å². The summed E-state index contributed by atoms with van der Waals surface area (Å²) >= 11 is 0. The van der Waals surface area contributed by atoms with Crippen molar-refractivity contribution in [1.82, 2.24) is 15.0 Å². The van der Waals surface area contributed by atoms with Gasteiger partial charge in [-0.2, -0.15) is 0 Å². The van der Waals surface area contributed by atoms with Gasteiger partial charge in [0.1, 0.15) is 17.4 Å². The number of pyridine rings is 1. The zero-order valence-electron chi connectivity index (χ0n) is 17.2. The third-order valence-corrected chi connectivity index (χ3v) is 4.48. The van der Waals surface area contributed by atoms with E-state index < -0.39 is 11.8 Å². The van der Waals surface area contributed by atoms with Crippen molar-refractivity contribution in [1.29, 1.82) is 0 Å². The summed E-state index contributed by atoms with van der Waals surface area (Å²) in [5.74, 6) is 1.28. The van der Waals surface area contributed by atoms with Crippen LogP contribution in [0, 0.1) is 5.82 Å². The van der Waals surface area contributed by atoms with Crippen LogP contribution in [-0.2, 0) is 6.42 Å². The molecule has 2 N–H and O–H groups in total. The largest absolute Gasteiger partial charge is 0.438 e. The van der Waals surface area contributed by atoms with Crippen LogP contribution in [-0.4, -0.2) is 21.0 Å². The molecule has 2 aromatic heterocycles. The van der Waals surface area contributed by atoms with E-state index in [9.17, 15) is 9.18 Å². The quantitative estimate of drug-likeness (QED) is 0.412. The van der Waals surface area contributed by atoms with Gasteiger partial charge in [-0.15, -0.1) is 0 Å². The maximum atomic E-state index is 13.2. The lowest BCUT2D eigenvalue weighted by Gasteiger charge is -2.11. The summed E-state index contributed by atoms with van der Waals surface area (Å²) in [7, 11) is 0. The van der Waals surface area contributed by atoms with Gasteiger partial charge >= 0.3 is 6.03 Å². The molecule has 2 aromatic carbocycles. The molecule has 0 aliphatic rings. The number of aromatic nitrogens is 3. The molecule has 0 aliphatic heterocycles. The van der Waals surface area contributed by atoms with E-state index in [4.69, 9.17) is 4.74 Å². The number of hydrogen-bond donors (Lipinski definition) is 2. The van der Waals surface area contributed by atoms with E-state index in [0.29, 0.717) is 23.0 Å². The molecular weight excluding hydrogens is 409 g/mol. The van der Waals surface area contributed by atoms with Crippen molar-refractivity contribution in [3.8, 4) is 22.9 Å². The zero-order valence-corrected chi connectivity index (χ0v) is 17.2. The first-order valence-corrected chi connectivity index (χ1v) is 9.99. The molecule has 4 rings (SSSR count). The van der Waals surface area contributed by atoms with Gasteiger partial charge in [-0.3, -0.25) is 0 Å². The monoisotopic (exact) mass is 429 g/mol. The molecular formula is C24H20FN5O2. The number of urea groups is 1. The Kier molecular flexibility index (Phi) is 6.31. The Bertz CT molecular complexity index is 1230. The van der Waals surface area contributed by atoms with Gasteiger partial charge in [-0.1, -0.05) is 13.0 Å². The summed E-state index contributed by atoms with van der Waals surface area (Å²) in [5.41, 5.74) is 2.39. The fourth-order valence-corrected chi connectivity index (χ4v) is 2.96. The highest BCUT2D eigenvalue weighted by molar-refractivity contribution is 5.99. The minimum Gasteiger partial charge on any atom is -0.438 e. The van der Waals surface area contributed by atoms with Crippen LogP contribution >= 0.6 is 0 Å². The van der Waals surface area contributed by atoms with Crippen LogP contribution in [0.1, 0.15) is 12.7 Å². The van der Waals surface area contributed by atoms with E-state index in [1.807, 2.05) is 25.1 Å². The van der Waals surface area contributed by atoms with Crippen LogP contribution in [0.4, 0.5) is 20.6 Å². The number of anilines is 2. The van der Waals surface area contributed by atoms with Gasteiger partial charge in [-0.05, 0) is 60.7 Å². The highest BCUT2D eigenvalue weighted by Gasteiger charge is 2.11. The van der Waals surface area contributed by atoms with Crippen molar-refractivity contribution in [2.75, 3.05) is 10.6 Å². The normalized spacial score (nSPS) is 10.4. The number of ether oxygens (including phenoxy) is 1. The molecule has 0 atom stereocenters. The molecule has 8 heteroatoms. The van der Waals surface area contributed by atoms with Gasteiger partial charge in [0.05, 0.1) is 11.3 Å². The average Bonchev–Trinajstić information content (AvgIpc) is 2.81. The second-order valence-electron chi connectivity index (χ2n) is 6.78. The molecule has 0 fully saturated rings. The van der Waals surface area contributed by atoms with Gasteiger partial charge < -0.3 is 15.4 Å². The van der Waals surface area contributed by atoms with E-state index >= 15 is 0 Å². The number of nitrogens with zero attached hydrogens (tertiary/aromatic N) is 3. The topological polar surface area (TPSA) is 89.0 Å². The van der Waals surface area contributed by atoms with E-state index in [1.54, 1.807) is 42.7 Å². The van der Waals surface area contributed by atoms with Crippen LogP contribution in [0.5, 0.6) is 11.6 Å². The first-order chi connectivity index (χ1) is 15.6. The van der Waals surface area contributed by atoms with Crippen LogP contribution in [0.25, 0.3) is 11.3 Å². The molecule has 2 heterocycles. The number of aryl methyl sites for hydroxylation is 1. The SMILES string of the molecule is CCc1nccc(-c2cccnc2Oc2ccc(NC(=O)Nc3cccc(F)c3)cc2)n1. The summed E-state index contributed by atoms with van der Waals surface area (Å²) in [5, 5.41) is 5.27. The molecule has 7 nitrogen and oxygen atoms in total. The van der Waals surface area contributed by atoms with Crippen molar-refractivity contribution < 1.29 is 13.9 Å². The van der Waals surface area contributed by atoms with Crippen LogP contribution in [0.15, 0.2) is 79.1 Å². The highest BCUT2D eigenvalue weighted by atomic mass is 19.1. The van der Waals surface area contributed by atoms with Crippen LogP contribution < -0.4 is 15.4 Å². The molecule has 0 unspecified atom stereocenters. The fraction of sp³-hybridized carbons (Fsp3) is 0.0833. The number of rotatable bonds is 6. The number of nitrogens with one attached hydrogen (secondary N) is 2. The lowest BCUT2D eigenvalue weighted by molar-refractivity contribution is 0.262. The second-order valence-corrected chi connectivity index (χ2v) is 6.78. The Labute approximate surface area is 184 Å². The van der Waals surface area contributed by atoms with Gasteiger partial charge in [0, 0.05) is 30.2 Å². The predicted octanol–water partition coefficient (Wildman–Crippen LogP) is 5.68. The van der Waals surface area contributed by atoms with Gasteiger partial charge in [0.25, 0.3) is 0 Å². The molecule has 32 heavy (non-hydrogen) atoms. The molecule has 160 valence electrons. The summed E-state index contributed by atoms with van der Waals surface area (Å²) in [6.07, 6.45) is 4.09. The van der Waals surface area contributed by atoms with E-state index in [0.717, 1.165) is 23.5 Å². The number of halogens is 1. The fourth-order valence-electron chi connectivity index (χ4n) is 2.96.